The summed E-state index contributed by atoms with van der Waals surface area (Å²) in [6, 6.07) is 5.48. The summed E-state index contributed by atoms with van der Waals surface area (Å²) in [5.74, 6) is 0.846. The van der Waals surface area contributed by atoms with Crippen LogP contribution in [0, 0.1) is 0 Å². The van der Waals surface area contributed by atoms with Gasteiger partial charge in [-0.25, -0.2) is 0 Å². The van der Waals surface area contributed by atoms with E-state index in [1.807, 2.05) is 30.0 Å². The molecule has 0 saturated carbocycles. The number of rotatable bonds is 5. The highest BCUT2D eigenvalue weighted by Gasteiger charge is 2.22. The number of hydrogen-bond donors (Lipinski definition) is 1. The number of ether oxygens (including phenoxy) is 1. The zero-order chi connectivity index (χ0) is 14.5. The molecule has 1 fully saturated rings. The van der Waals surface area contributed by atoms with Crippen LogP contribution in [0.3, 0.4) is 0 Å². The van der Waals surface area contributed by atoms with Crippen molar-refractivity contribution >= 4 is 17.5 Å². The minimum absolute atomic E-state index is 0.172. The van der Waals surface area contributed by atoms with Crippen LogP contribution in [-0.2, 0) is 11.3 Å². The van der Waals surface area contributed by atoms with E-state index in [-0.39, 0.29) is 11.9 Å². The monoisotopic (exact) mass is 296 g/mol. The molecule has 1 unspecified atom stereocenters. The lowest BCUT2D eigenvalue weighted by atomic mass is 10.2. The molecule has 1 heterocycles. The number of nitrogens with zero attached hydrogens (tertiary/aromatic N) is 1. The fourth-order valence-electron chi connectivity index (χ4n) is 2.39. The van der Waals surface area contributed by atoms with E-state index in [1.54, 1.807) is 7.11 Å². The fourth-order valence-corrected chi connectivity index (χ4v) is 2.67. The first-order chi connectivity index (χ1) is 9.61. The maximum Gasteiger partial charge on any atom is 0.239 e. The highest BCUT2D eigenvalue weighted by molar-refractivity contribution is 6.32. The molecule has 20 heavy (non-hydrogen) atoms. The first-order valence-electron chi connectivity index (χ1n) is 6.96. The van der Waals surface area contributed by atoms with Crippen molar-refractivity contribution in [2.45, 2.75) is 32.4 Å². The Bertz CT molecular complexity index is 473. The number of likely N-dealkylation sites (tertiary alicyclic amines) is 1. The van der Waals surface area contributed by atoms with Gasteiger partial charge in [0.15, 0.2) is 0 Å². The number of carbonyl (C=O) groups excluding carboxylic acids is 1. The van der Waals surface area contributed by atoms with Gasteiger partial charge in [0.25, 0.3) is 0 Å². The van der Waals surface area contributed by atoms with E-state index >= 15 is 0 Å². The summed E-state index contributed by atoms with van der Waals surface area (Å²) in [4.78, 5) is 14.1. The van der Waals surface area contributed by atoms with Crippen molar-refractivity contribution in [3.8, 4) is 5.75 Å². The van der Waals surface area contributed by atoms with E-state index in [9.17, 15) is 4.79 Å². The Morgan fingerprint density at radius 3 is 2.75 bits per heavy atom. The molecule has 0 spiro atoms. The van der Waals surface area contributed by atoms with Crippen LogP contribution in [0.25, 0.3) is 0 Å². The van der Waals surface area contributed by atoms with Gasteiger partial charge in [0, 0.05) is 19.6 Å². The van der Waals surface area contributed by atoms with Crippen LogP contribution in [0.4, 0.5) is 0 Å². The van der Waals surface area contributed by atoms with Crippen LogP contribution in [-0.4, -0.2) is 37.0 Å². The molecule has 2 rings (SSSR count). The first kappa shape index (κ1) is 15.1. The van der Waals surface area contributed by atoms with Gasteiger partial charge < -0.3 is 15.0 Å². The third-order valence-electron chi connectivity index (χ3n) is 3.62. The van der Waals surface area contributed by atoms with E-state index in [1.165, 1.54) is 0 Å². The van der Waals surface area contributed by atoms with Crippen molar-refractivity contribution in [1.82, 2.24) is 10.2 Å². The van der Waals surface area contributed by atoms with Crippen molar-refractivity contribution < 1.29 is 9.53 Å². The summed E-state index contributed by atoms with van der Waals surface area (Å²) in [6.07, 6.45) is 2.24. The molecular weight excluding hydrogens is 276 g/mol. The normalized spacial score (nSPS) is 16.2. The molecule has 1 aliphatic rings. The van der Waals surface area contributed by atoms with Crippen LogP contribution in [0.5, 0.6) is 5.75 Å². The molecule has 4 nitrogen and oxygen atoms in total. The minimum atomic E-state index is -0.172. The predicted octanol–water partition coefficient (Wildman–Crippen LogP) is 2.45. The van der Waals surface area contributed by atoms with Crippen molar-refractivity contribution in [2.24, 2.45) is 0 Å². The molecule has 0 aromatic heterocycles. The van der Waals surface area contributed by atoms with E-state index in [4.69, 9.17) is 16.3 Å². The molecule has 0 bridgehead atoms. The second kappa shape index (κ2) is 6.95. The largest absolute Gasteiger partial charge is 0.495 e. The second-order valence-corrected chi connectivity index (χ2v) is 5.51. The highest BCUT2D eigenvalue weighted by atomic mass is 35.5. The Balaban J connectivity index is 1.87. The average Bonchev–Trinajstić information content (AvgIpc) is 2.98. The molecule has 1 aromatic carbocycles. The molecule has 0 radical (unpaired) electrons. The summed E-state index contributed by atoms with van der Waals surface area (Å²) >= 11 is 6.08. The van der Waals surface area contributed by atoms with E-state index in [0.29, 0.717) is 17.3 Å². The molecular formula is C15H21ClN2O2. The van der Waals surface area contributed by atoms with Gasteiger partial charge in [-0.05, 0) is 37.5 Å². The SMILES string of the molecule is COc1ccc(CNC(C)C(=O)N2CCCC2)cc1Cl. The molecule has 1 amide bonds. The van der Waals surface area contributed by atoms with Crippen LogP contribution < -0.4 is 10.1 Å². The Labute approximate surface area is 125 Å². The van der Waals surface area contributed by atoms with E-state index < -0.39 is 0 Å². The lowest BCUT2D eigenvalue weighted by Gasteiger charge is -2.21. The third-order valence-corrected chi connectivity index (χ3v) is 3.91. The summed E-state index contributed by atoms with van der Waals surface area (Å²) < 4.78 is 5.12. The molecule has 5 heteroatoms. The average molecular weight is 297 g/mol. The van der Waals surface area contributed by atoms with Gasteiger partial charge >= 0.3 is 0 Å². The number of benzene rings is 1. The lowest BCUT2D eigenvalue weighted by Crippen LogP contribution is -2.43. The number of amides is 1. The molecule has 1 aromatic rings. The Hall–Kier alpha value is -1.26. The number of carbonyl (C=O) groups is 1. The Morgan fingerprint density at radius 1 is 1.45 bits per heavy atom. The quantitative estimate of drug-likeness (QED) is 0.907. The summed E-state index contributed by atoms with van der Waals surface area (Å²) in [7, 11) is 1.59. The van der Waals surface area contributed by atoms with E-state index in [2.05, 4.69) is 5.32 Å². The van der Waals surface area contributed by atoms with Crippen molar-refractivity contribution in [3.63, 3.8) is 0 Å². The fraction of sp³-hybridized carbons (Fsp3) is 0.533. The highest BCUT2D eigenvalue weighted by Crippen LogP contribution is 2.24. The molecule has 1 aliphatic heterocycles. The van der Waals surface area contributed by atoms with Gasteiger partial charge in [0.1, 0.15) is 5.75 Å². The standard InChI is InChI=1S/C15H21ClN2O2/c1-11(15(19)18-7-3-4-8-18)17-10-12-5-6-14(20-2)13(16)9-12/h5-6,9,11,17H,3-4,7-8,10H2,1-2H3. The summed E-state index contributed by atoms with van der Waals surface area (Å²) in [6.45, 7) is 4.30. The zero-order valence-corrected chi connectivity index (χ0v) is 12.7. The van der Waals surface area contributed by atoms with Crippen molar-refractivity contribution in [2.75, 3.05) is 20.2 Å². The van der Waals surface area contributed by atoms with E-state index in [0.717, 1.165) is 31.5 Å². The maximum atomic E-state index is 12.2. The minimum Gasteiger partial charge on any atom is -0.495 e. The number of methoxy groups -OCH3 is 1. The summed E-state index contributed by atoms with van der Waals surface area (Å²) in [5.41, 5.74) is 1.04. The number of nitrogens with one attached hydrogen (secondary N) is 1. The van der Waals surface area contributed by atoms with Gasteiger partial charge in [-0.15, -0.1) is 0 Å². The molecule has 110 valence electrons. The van der Waals surface area contributed by atoms with Crippen LogP contribution >= 0.6 is 11.6 Å². The second-order valence-electron chi connectivity index (χ2n) is 5.10. The van der Waals surface area contributed by atoms with Crippen LogP contribution in [0.2, 0.25) is 5.02 Å². The number of halogens is 1. The van der Waals surface area contributed by atoms with Crippen LogP contribution in [0.15, 0.2) is 18.2 Å². The molecule has 1 saturated heterocycles. The van der Waals surface area contributed by atoms with Crippen molar-refractivity contribution in [1.29, 1.82) is 0 Å². The van der Waals surface area contributed by atoms with Gasteiger partial charge in [-0.3, -0.25) is 4.79 Å². The first-order valence-corrected chi connectivity index (χ1v) is 7.34. The Kier molecular flexibility index (Phi) is 5.26. The zero-order valence-electron chi connectivity index (χ0n) is 12.0. The van der Waals surface area contributed by atoms with Gasteiger partial charge in [-0.2, -0.15) is 0 Å². The maximum absolute atomic E-state index is 12.2. The molecule has 1 N–H and O–H groups in total. The van der Waals surface area contributed by atoms with Crippen LogP contribution in [0.1, 0.15) is 25.3 Å². The number of hydrogen-bond acceptors (Lipinski definition) is 3. The van der Waals surface area contributed by atoms with Crippen molar-refractivity contribution in [3.05, 3.63) is 28.8 Å². The smallest absolute Gasteiger partial charge is 0.239 e. The summed E-state index contributed by atoms with van der Waals surface area (Å²) in [5, 5.41) is 3.84. The molecule has 0 aliphatic carbocycles. The molecule has 1 atom stereocenters. The Morgan fingerprint density at radius 2 is 2.15 bits per heavy atom. The topological polar surface area (TPSA) is 41.6 Å². The predicted molar refractivity (Wildman–Crippen MR) is 80.1 cm³/mol. The van der Waals surface area contributed by atoms with Gasteiger partial charge in [0.05, 0.1) is 18.2 Å². The lowest BCUT2D eigenvalue weighted by molar-refractivity contribution is -0.131. The van der Waals surface area contributed by atoms with Gasteiger partial charge in [0.2, 0.25) is 5.91 Å². The third kappa shape index (κ3) is 3.64. The van der Waals surface area contributed by atoms with Gasteiger partial charge in [-0.1, -0.05) is 17.7 Å².